The lowest BCUT2D eigenvalue weighted by Crippen LogP contribution is -2.25. The molecule has 0 aromatic carbocycles. The molecule has 0 aliphatic carbocycles. The Hall–Kier alpha value is -1.14. The van der Waals surface area contributed by atoms with Gasteiger partial charge in [-0.15, -0.1) is 0 Å². The molecule has 0 bridgehead atoms. The van der Waals surface area contributed by atoms with E-state index >= 15 is 0 Å². The lowest BCUT2D eigenvalue weighted by molar-refractivity contribution is -0.151. The number of hydrogen-bond acceptors (Lipinski definition) is 4. The Bertz CT molecular complexity index is 157. The summed E-state index contributed by atoms with van der Waals surface area (Å²) in [6.07, 6.45) is -3.77. The molecule has 12 heavy (non-hydrogen) atoms. The summed E-state index contributed by atoms with van der Waals surface area (Å²) in [5, 5.41) is 33.6. The van der Waals surface area contributed by atoms with E-state index < -0.39 is 24.1 Å². The zero-order valence-electron chi connectivity index (χ0n) is 6.17. The van der Waals surface area contributed by atoms with Crippen molar-refractivity contribution in [3.63, 3.8) is 0 Å². The monoisotopic (exact) mass is 178 g/mol. The molecule has 0 aliphatic rings. The minimum absolute atomic E-state index is 0.275. The highest BCUT2D eigenvalue weighted by molar-refractivity contribution is 5.73. The molecular weight excluding hydrogens is 168 g/mol. The summed E-state index contributed by atoms with van der Waals surface area (Å²) >= 11 is 0. The van der Waals surface area contributed by atoms with E-state index in [0.717, 1.165) is 0 Å². The number of aliphatic carboxylic acids is 2. The first-order valence-corrected chi connectivity index (χ1v) is 3.27. The van der Waals surface area contributed by atoms with E-state index in [1.54, 1.807) is 0 Å². The van der Waals surface area contributed by atoms with Gasteiger partial charge >= 0.3 is 11.9 Å². The molecule has 70 valence electrons. The lowest BCUT2D eigenvalue weighted by Gasteiger charge is -2.06. The summed E-state index contributed by atoms with van der Waals surface area (Å²) < 4.78 is 0. The molecule has 0 amide bonds. The first-order valence-electron chi connectivity index (χ1n) is 3.27. The van der Waals surface area contributed by atoms with Gasteiger partial charge in [-0.25, -0.2) is 9.59 Å². The fourth-order valence-electron chi connectivity index (χ4n) is 0.563. The quantitative estimate of drug-likeness (QED) is 0.414. The fourth-order valence-corrected chi connectivity index (χ4v) is 0.563. The van der Waals surface area contributed by atoms with Gasteiger partial charge in [-0.2, -0.15) is 0 Å². The van der Waals surface area contributed by atoms with Gasteiger partial charge in [-0.05, 0) is 12.8 Å². The second kappa shape index (κ2) is 4.68. The van der Waals surface area contributed by atoms with Crippen molar-refractivity contribution < 1.29 is 30.0 Å². The minimum atomic E-state index is -1.61. The number of hydrogen-bond donors (Lipinski definition) is 4. The number of rotatable bonds is 5. The van der Waals surface area contributed by atoms with E-state index in [-0.39, 0.29) is 12.8 Å². The highest BCUT2D eigenvalue weighted by Gasteiger charge is 2.18. The van der Waals surface area contributed by atoms with E-state index in [9.17, 15) is 9.59 Å². The molecule has 0 fully saturated rings. The van der Waals surface area contributed by atoms with Crippen LogP contribution in [0.1, 0.15) is 12.8 Å². The summed E-state index contributed by atoms with van der Waals surface area (Å²) in [6.45, 7) is 0. The molecule has 0 aliphatic heterocycles. The Labute approximate surface area is 68.1 Å². The van der Waals surface area contributed by atoms with Crippen molar-refractivity contribution in [2.45, 2.75) is 25.0 Å². The van der Waals surface area contributed by atoms with Crippen molar-refractivity contribution in [1.29, 1.82) is 0 Å². The van der Waals surface area contributed by atoms with Crippen LogP contribution in [0.4, 0.5) is 0 Å². The second-order valence-electron chi connectivity index (χ2n) is 2.29. The zero-order chi connectivity index (χ0) is 9.72. The summed E-state index contributed by atoms with van der Waals surface area (Å²) in [5.41, 5.74) is 0. The summed E-state index contributed by atoms with van der Waals surface area (Å²) in [6, 6.07) is 0. The molecular formula is C6H10O6. The van der Waals surface area contributed by atoms with Crippen LogP contribution in [0.15, 0.2) is 0 Å². The normalized spacial score (nSPS) is 15.2. The van der Waals surface area contributed by atoms with Crippen molar-refractivity contribution in [3.05, 3.63) is 0 Å². The zero-order valence-corrected chi connectivity index (χ0v) is 6.17. The molecule has 0 rings (SSSR count). The maximum atomic E-state index is 10.0. The SMILES string of the molecule is O=C(O)C(O)CCC(O)C(=O)O. The van der Waals surface area contributed by atoms with Gasteiger partial charge in [0, 0.05) is 0 Å². The molecule has 0 heterocycles. The van der Waals surface area contributed by atoms with Gasteiger partial charge in [0.25, 0.3) is 0 Å². The van der Waals surface area contributed by atoms with Crippen molar-refractivity contribution in [2.75, 3.05) is 0 Å². The van der Waals surface area contributed by atoms with Gasteiger partial charge in [0.05, 0.1) is 0 Å². The Morgan fingerprint density at radius 3 is 1.33 bits per heavy atom. The minimum Gasteiger partial charge on any atom is -0.479 e. The van der Waals surface area contributed by atoms with Crippen molar-refractivity contribution in [3.8, 4) is 0 Å². The number of aliphatic hydroxyl groups is 2. The maximum absolute atomic E-state index is 10.0. The molecule has 0 saturated carbocycles. The Morgan fingerprint density at radius 1 is 0.917 bits per heavy atom. The molecule has 6 nitrogen and oxygen atoms in total. The standard InChI is InChI=1S/C6H10O6/c7-3(5(9)10)1-2-4(8)6(11)12/h3-4,7-8H,1-2H2,(H,9,10)(H,11,12). The average molecular weight is 178 g/mol. The van der Waals surface area contributed by atoms with E-state index in [1.165, 1.54) is 0 Å². The number of aliphatic hydroxyl groups excluding tert-OH is 2. The molecule has 0 saturated heterocycles. The Kier molecular flexibility index (Phi) is 4.24. The highest BCUT2D eigenvalue weighted by atomic mass is 16.4. The van der Waals surface area contributed by atoms with Crippen LogP contribution in [0.25, 0.3) is 0 Å². The first kappa shape index (κ1) is 10.9. The van der Waals surface area contributed by atoms with Gasteiger partial charge in [-0.1, -0.05) is 0 Å². The topological polar surface area (TPSA) is 115 Å². The first-order chi connectivity index (χ1) is 5.45. The molecule has 0 radical (unpaired) electrons. The van der Waals surface area contributed by atoms with Crippen LogP contribution in [-0.2, 0) is 9.59 Å². The van der Waals surface area contributed by atoms with Gasteiger partial charge in [0.2, 0.25) is 0 Å². The average Bonchev–Trinajstić information content (AvgIpc) is 1.98. The van der Waals surface area contributed by atoms with Crippen LogP contribution in [0.2, 0.25) is 0 Å². The van der Waals surface area contributed by atoms with Crippen molar-refractivity contribution in [1.82, 2.24) is 0 Å². The van der Waals surface area contributed by atoms with Gasteiger partial charge < -0.3 is 20.4 Å². The second-order valence-corrected chi connectivity index (χ2v) is 2.29. The van der Waals surface area contributed by atoms with Crippen LogP contribution >= 0.6 is 0 Å². The lowest BCUT2D eigenvalue weighted by atomic mass is 10.1. The summed E-state index contributed by atoms with van der Waals surface area (Å²) in [4.78, 5) is 20.0. The molecule has 0 aromatic rings. The largest absolute Gasteiger partial charge is 0.479 e. The summed E-state index contributed by atoms with van der Waals surface area (Å²) in [7, 11) is 0. The molecule has 0 spiro atoms. The van der Waals surface area contributed by atoms with E-state index in [4.69, 9.17) is 20.4 Å². The summed E-state index contributed by atoms with van der Waals surface area (Å²) in [5.74, 6) is -2.85. The van der Waals surface area contributed by atoms with E-state index in [2.05, 4.69) is 0 Å². The highest BCUT2D eigenvalue weighted by Crippen LogP contribution is 2.01. The third-order valence-electron chi connectivity index (χ3n) is 1.28. The molecule has 4 N–H and O–H groups in total. The molecule has 0 aromatic heterocycles. The van der Waals surface area contributed by atoms with Gasteiger partial charge in [0.1, 0.15) is 0 Å². The molecule has 2 atom stereocenters. The van der Waals surface area contributed by atoms with Gasteiger partial charge in [-0.3, -0.25) is 0 Å². The maximum Gasteiger partial charge on any atom is 0.332 e. The van der Waals surface area contributed by atoms with Crippen LogP contribution in [0.3, 0.4) is 0 Å². The van der Waals surface area contributed by atoms with Crippen molar-refractivity contribution >= 4 is 11.9 Å². The third-order valence-corrected chi connectivity index (χ3v) is 1.28. The third kappa shape index (κ3) is 3.89. The Morgan fingerprint density at radius 2 is 1.17 bits per heavy atom. The molecule has 6 heteroatoms. The number of carboxylic acids is 2. The van der Waals surface area contributed by atoms with Gasteiger partial charge in [0.15, 0.2) is 12.2 Å². The van der Waals surface area contributed by atoms with Crippen LogP contribution < -0.4 is 0 Å². The molecule has 2 unspecified atom stereocenters. The number of carbonyl (C=O) groups is 2. The smallest absolute Gasteiger partial charge is 0.332 e. The Balaban J connectivity index is 3.68. The van der Waals surface area contributed by atoms with E-state index in [1.807, 2.05) is 0 Å². The van der Waals surface area contributed by atoms with Crippen LogP contribution in [-0.4, -0.2) is 44.6 Å². The van der Waals surface area contributed by atoms with E-state index in [0.29, 0.717) is 0 Å². The predicted molar refractivity (Wildman–Crippen MR) is 36.5 cm³/mol. The predicted octanol–water partition coefficient (Wildman–Crippen LogP) is -1.34. The number of carboxylic acid groups (broad SMARTS) is 2. The van der Waals surface area contributed by atoms with Crippen LogP contribution in [0, 0.1) is 0 Å². The fraction of sp³-hybridized carbons (Fsp3) is 0.667. The van der Waals surface area contributed by atoms with Crippen LogP contribution in [0.5, 0.6) is 0 Å². The van der Waals surface area contributed by atoms with Crippen molar-refractivity contribution in [2.24, 2.45) is 0 Å².